The minimum atomic E-state index is -0.227. The van der Waals surface area contributed by atoms with Crippen molar-refractivity contribution >= 4 is 23.2 Å². The van der Waals surface area contributed by atoms with Gasteiger partial charge in [-0.3, -0.25) is 4.79 Å². The summed E-state index contributed by atoms with van der Waals surface area (Å²) < 4.78 is 0. The van der Waals surface area contributed by atoms with Crippen molar-refractivity contribution in [1.82, 2.24) is 20.2 Å². The molecule has 2 aromatic carbocycles. The molecule has 0 saturated carbocycles. The van der Waals surface area contributed by atoms with Crippen molar-refractivity contribution in [2.75, 3.05) is 0 Å². The van der Waals surface area contributed by atoms with E-state index >= 15 is 0 Å². The van der Waals surface area contributed by atoms with Gasteiger partial charge in [0.15, 0.2) is 0 Å². The van der Waals surface area contributed by atoms with Crippen molar-refractivity contribution in [3.63, 3.8) is 0 Å². The fraction of sp³-hybridized carbons (Fsp3) is 0. The predicted octanol–water partition coefficient (Wildman–Crippen LogP) is 3.48. The molecule has 5 heteroatoms. The van der Waals surface area contributed by atoms with Gasteiger partial charge in [0, 0.05) is 11.8 Å². The van der Waals surface area contributed by atoms with Crippen molar-refractivity contribution < 1.29 is 0 Å². The van der Waals surface area contributed by atoms with Crippen LogP contribution in [0.3, 0.4) is 0 Å². The van der Waals surface area contributed by atoms with Gasteiger partial charge in [-0.15, -0.1) is 0 Å². The van der Waals surface area contributed by atoms with Gasteiger partial charge in [-0.05, 0) is 23.8 Å². The minimum absolute atomic E-state index is 0.227. The molecule has 0 spiro atoms. The van der Waals surface area contributed by atoms with E-state index < -0.39 is 0 Å². The summed E-state index contributed by atoms with van der Waals surface area (Å²) in [5.41, 5.74) is 3.86. The molecule has 0 amide bonds. The zero-order valence-corrected chi connectivity index (χ0v) is 12.7. The zero-order valence-electron chi connectivity index (χ0n) is 12.7. The summed E-state index contributed by atoms with van der Waals surface area (Å²) in [6.07, 6.45) is 5.49. The maximum absolute atomic E-state index is 12.0. The number of hydrogen-bond acceptors (Lipinski definition) is 3. The van der Waals surface area contributed by atoms with E-state index in [9.17, 15) is 4.79 Å². The first-order chi connectivity index (χ1) is 11.8. The molecule has 2 N–H and O–H groups in total. The SMILES string of the molecule is O=c1[nH]nccc1-c1cccc2[nH]c(C=Cc3ccccc3)nc12. The van der Waals surface area contributed by atoms with E-state index in [1.165, 1.54) is 0 Å². The largest absolute Gasteiger partial charge is 0.338 e. The third-order valence-electron chi connectivity index (χ3n) is 3.78. The Morgan fingerprint density at radius 2 is 1.75 bits per heavy atom. The first-order valence-electron chi connectivity index (χ1n) is 7.57. The summed E-state index contributed by atoms with van der Waals surface area (Å²) in [6.45, 7) is 0. The molecule has 0 aliphatic carbocycles. The predicted molar refractivity (Wildman–Crippen MR) is 95.3 cm³/mol. The third kappa shape index (κ3) is 2.63. The number of aromatic amines is 2. The van der Waals surface area contributed by atoms with Gasteiger partial charge in [-0.1, -0.05) is 48.5 Å². The molecule has 24 heavy (non-hydrogen) atoms. The summed E-state index contributed by atoms with van der Waals surface area (Å²) in [4.78, 5) is 19.9. The number of rotatable bonds is 3. The Hall–Kier alpha value is -3.47. The van der Waals surface area contributed by atoms with Crippen molar-refractivity contribution in [2.45, 2.75) is 0 Å². The van der Waals surface area contributed by atoms with Crippen LogP contribution >= 0.6 is 0 Å². The Kier molecular flexibility index (Phi) is 3.51. The number of imidazole rings is 1. The van der Waals surface area contributed by atoms with Crippen molar-refractivity contribution in [3.8, 4) is 11.1 Å². The van der Waals surface area contributed by atoms with Crippen LogP contribution in [0.4, 0.5) is 0 Å². The summed E-state index contributed by atoms with van der Waals surface area (Å²) >= 11 is 0. The van der Waals surface area contributed by atoms with Gasteiger partial charge in [0.25, 0.3) is 5.56 Å². The molecule has 0 aliphatic rings. The van der Waals surface area contributed by atoms with Gasteiger partial charge in [0.05, 0.1) is 16.6 Å². The number of benzene rings is 2. The van der Waals surface area contributed by atoms with Crippen LogP contribution in [-0.2, 0) is 0 Å². The van der Waals surface area contributed by atoms with Gasteiger partial charge < -0.3 is 4.98 Å². The summed E-state index contributed by atoms with van der Waals surface area (Å²) in [5, 5.41) is 6.20. The van der Waals surface area contributed by atoms with E-state index in [4.69, 9.17) is 0 Å². The van der Waals surface area contributed by atoms with Gasteiger partial charge in [0.2, 0.25) is 0 Å². The second-order valence-corrected chi connectivity index (χ2v) is 5.37. The lowest BCUT2D eigenvalue weighted by Crippen LogP contribution is -2.09. The maximum Gasteiger partial charge on any atom is 0.272 e. The fourth-order valence-electron chi connectivity index (χ4n) is 2.64. The molecule has 0 unspecified atom stereocenters. The molecule has 2 aromatic heterocycles. The number of nitrogens with zero attached hydrogens (tertiary/aromatic N) is 2. The quantitative estimate of drug-likeness (QED) is 0.608. The number of H-pyrrole nitrogens is 2. The second-order valence-electron chi connectivity index (χ2n) is 5.37. The minimum Gasteiger partial charge on any atom is -0.338 e. The van der Waals surface area contributed by atoms with Gasteiger partial charge in [0.1, 0.15) is 5.82 Å². The fourth-order valence-corrected chi connectivity index (χ4v) is 2.64. The second kappa shape index (κ2) is 5.96. The normalized spacial score (nSPS) is 11.3. The average Bonchev–Trinajstić information content (AvgIpc) is 3.04. The highest BCUT2D eigenvalue weighted by Crippen LogP contribution is 2.25. The Morgan fingerprint density at radius 3 is 2.58 bits per heavy atom. The molecule has 0 bridgehead atoms. The van der Waals surface area contributed by atoms with E-state index in [0.717, 1.165) is 28.0 Å². The summed E-state index contributed by atoms with van der Waals surface area (Å²) in [5.74, 6) is 0.742. The van der Waals surface area contributed by atoms with E-state index in [1.807, 2.05) is 60.7 Å². The highest BCUT2D eigenvalue weighted by molar-refractivity contribution is 5.92. The maximum atomic E-state index is 12.0. The molecule has 2 heterocycles. The highest BCUT2D eigenvalue weighted by atomic mass is 16.1. The van der Waals surface area contributed by atoms with Crippen molar-refractivity contribution in [2.24, 2.45) is 0 Å². The number of hydrogen-bond donors (Lipinski definition) is 2. The number of para-hydroxylation sites is 1. The van der Waals surface area contributed by atoms with Crippen LogP contribution in [0.15, 0.2) is 65.6 Å². The van der Waals surface area contributed by atoms with Crippen LogP contribution in [-0.4, -0.2) is 20.2 Å². The first-order valence-corrected chi connectivity index (χ1v) is 7.57. The molecular weight excluding hydrogens is 300 g/mol. The zero-order chi connectivity index (χ0) is 16.4. The van der Waals surface area contributed by atoms with Crippen molar-refractivity contribution in [3.05, 3.63) is 82.5 Å². The third-order valence-corrected chi connectivity index (χ3v) is 3.78. The molecular formula is C19H14N4O. The van der Waals surface area contributed by atoms with Crippen LogP contribution in [0.5, 0.6) is 0 Å². The molecule has 0 saturated heterocycles. The van der Waals surface area contributed by atoms with E-state index in [0.29, 0.717) is 5.56 Å². The Morgan fingerprint density at radius 1 is 0.875 bits per heavy atom. The standard InChI is InChI=1S/C19H14N4O/c24-19-15(11-12-20-23-19)14-7-4-8-16-18(14)22-17(21-16)10-9-13-5-2-1-3-6-13/h1-12H,(H,21,22)(H,23,24). The van der Waals surface area contributed by atoms with Crippen LogP contribution in [0, 0.1) is 0 Å². The smallest absolute Gasteiger partial charge is 0.272 e. The molecule has 0 radical (unpaired) electrons. The molecule has 0 fully saturated rings. The number of nitrogens with one attached hydrogen (secondary N) is 2. The molecule has 4 rings (SSSR count). The molecule has 116 valence electrons. The first kappa shape index (κ1) is 14.1. The van der Waals surface area contributed by atoms with Crippen molar-refractivity contribution in [1.29, 1.82) is 0 Å². The summed E-state index contributed by atoms with van der Waals surface area (Å²) in [6, 6.07) is 17.5. The highest BCUT2D eigenvalue weighted by Gasteiger charge is 2.10. The number of aromatic nitrogens is 4. The molecule has 5 nitrogen and oxygen atoms in total. The molecule has 0 aliphatic heterocycles. The van der Waals surface area contributed by atoms with Crippen LogP contribution in [0.25, 0.3) is 34.3 Å². The summed E-state index contributed by atoms with van der Waals surface area (Å²) in [7, 11) is 0. The van der Waals surface area contributed by atoms with Gasteiger partial charge >= 0.3 is 0 Å². The monoisotopic (exact) mass is 314 g/mol. The average molecular weight is 314 g/mol. The Balaban J connectivity index is 1.79. The molecule has 0 atom stereocenters. The van der Waals surface area contributed by atoms with Gasteiger partial charge in [-0.25, -0.2) is 10.1 Å². The van der Waals surface area contributed by atoms with Crippen LogP contribution in [0.1, 0.15) is 11.4 Å². The van der Waals surface area contributed by atoms with Crippen LogP contribution in [0.2, 0.25) is 0 Å². The Labute approximate surface area is 137 Å². The van der Waals surface area contributed by atoms with E-state index in [-0.39, 0.29) is 5.56 Å². The number of fused-ring (bicyclic) bond motifs is 1. The van der Waals surface area contributed by atoms with E-state index in [1.54, 1.807) is 12.3 Å². The lowest BCUT2D eigenvalue weighted by molar-refractivity contribution is 0.992. The topological polar surface area (TPSA) is 74.4 Å². The lowest BCUT2D eigenvalue weighted by Gasteiger charge is -2.00. The molecule has 4 aromatic rings. The Bertz CT molecular complexity index is 1080. The van der Waals surface area contributed by atoms with Gasteiger partial charge in [-0.2, -0.15) is 5.10 Å². The van der Waals surface area contributed by atoms with E-state index in [2.05, 4.69) is 20.2 Å². The lowest BCUT2D eigenvalue weighted by atomic mass is 10.1. The van der Waals surface area contributed by atoms with Crippen LogP contribution < -0.4 is 5.56 Å².